The van der Waals surface area contributed by atoms with Crippen molar-refractivity contribution in [3.63, 3.8) is 0 Å². The van der Waals surface area contributed by atoms with Gasteiger partial charge in [-0.3, -0.25) is 0 Å². The van der Waals surface area contributed by atoms with Crippen LogP contribution in [0, 0.1) is 5.92 Å². The monoisotopic (exact) mass is 187 g/mol. The van der Waals surface area contributed by atoms with Gasteiger partial charge >= 0.3 is 6.09 Å². The van der Waals surface area contributed by atoms with E-state index < -0.39 is 6.09 Å². The number of carboxylic acid groups (broad SMARTS) is 1. The van der Waals surface area contributed by atoms with Crippen molar-refractivity contribution in [1.82, 2.24) is 5.32 Å². The van der Waals surface area contributed by atoms with Crippen LogP contribution in [0.1, 0.15) is 46.0 Å². The van der Waals surface area contributed by atoms with Gasteiger partial charge in [0.1, 0.15) is 0 Å². The number of hydrogen-bond donors (Lipinski definition) is 2. The topological polar surface area (TPSA) is 49.3 Å². The van der Waals surface area contributed by atoms with Crippen LogP contribution < -0.4 is 5.32 Å². The standard InChI is InChI=1S/C10H21NO2/c1-9(2)7-5-3-4-6-8-11-10(12)13/h9,11H,3-8H2,1-2H3,(H,12,13). The molecule has 3 nitrogen and oxygen atoms in total. The van der Waals surface area contributed by atoms with Gasteiger partial charge in [-0.15, -0.1) is 0 Å². The van der Waals surface area contributed by atoms with Crippen molar-refractivity contribution in [1.29, 1.82) is 0 Å². The molecule has 0 atom stereocenters. The lowest BCUT2D eigenvalue weighted by Gasteiger charge is -2.04. The molecule has 0 saturated heterocycles. The second-order valence-corrected chi connectivity index (χ2v) is 3.83. The quantitative estimate of drug-likeness (QED) is 0.602. The molecule has 0 heterocycles. The zero-order chi connectivity index (χ0) is 10.1. The molecule has 78 valence electrons. The molecule has 0 aliphatic carbocycles. The fraction of sp³-hybridized carbons (Fsp3) is 0.900. The van der Waals surface area contributed by atoms with E-state index in [0.717, 1.165) is 18.8 Å². The first-order chi connectivity index (χ1) is 6.13. The highest BCUT2D eigenvalue weighted by Crippen LogP contribution is 2.08. The van der Waals surface area contributed by atoms with E-state index >= 15 is 0 Å². The molecule has 0 aliphatic heterocycles. The maximum Gasteiger partial charge on any atom is 0.404 e. The Hall–Kier alpha value is -0.730. The molecule has 2 N–H and O–H groups in total. The first-order valence-electron chi connectivity index (χ1n) is 5.09. The summed E-state index contributed by atoms with van der Waals surface area (Å²) in [5.74, 6) is 0.789. The number of amides is 1. The summed E-state index contributed by atoms with van der Waals surface area (Å²) in [4.78, 5) is 10.1. The molecule has 0 bridgehead atoms. The van der Waals surface area contributed by atoms with Crippen molar-refractivity contribution in [2.24, 2.45) is 5.92 Å². The van der Waals surface area contributed by atoms with Gasteiger partial charge < -0.3 is 10.4 Å². The minimum atomic E-state index is -0.915. The maximum absolute atomic E-state index is 10.1. The number of hydrogen-bond acceptors (Lipinski definition) is 1. The van der Waals surface area contributed by atoms with Gasteiger partial charge in [0.15, 0.2) is 0 Å². The lowest BCUT2D eigenvalue weighted by molar-refractivity contribution is 0.194. The fourth-order valence-electron chi connectivity index (χ4n) is 1.23. The van der Waals surface area contributed by atoms with Gasteiger partial charge in [-0.1, -0.05) is 39.5 Å². The average molecular weight is 187 g/mol. The predicted octanol–water partition coefficient (Wildman–Crippen LogP) is 2.86. The third-order valence-electron chi connectivity index (χ3n) is 1.98. The normalized spacial score (nSPS) is 10.4. The van der Waals surface area contributed by atoms with Crippen LogP contribution >= 0.6 is 0 Å². The van der Waals surface area contributed by atoms with Crippen LogP contribution in [0.3, 0.4) is 0 Å². The summed E-state index contributed by atoms with van der Waals surface area (Å²) in [7, 11) is 0. The van der Waals surface area contributed by atoms with E-state index in [9.17, 15) is 4.79 Å². The Labute approximate surface area is 80.5 Å². The molecule has 0 aliphatic rings. The van der Waals surface area contributed by atoms with Crippen molar-refractivity contribution in [2.75, 3.05) is 6.54 Å². The Morgan fingerprint density at radius 1 is 1.23 bits per heavy atom. The Kier molecular flexibility index (Phi) is 7.45. The van der Waals surface area contributed by atoms with Crippen LogP contribution in [-0.4, -0.2) is 17.7 Å². The lowest BCUT2D eigenvalue weighted by atomic mass is 10.0. The summed E-state index contributed by atoms with van der Waals surface area (Å²) in [6, 6.07) is 0. The van der Waals surface area contributed by atoms with Crippen molar-refractivity contribution >= 4 is 6.09 Å². The molecule has 0 saturated carbocycles. The molecule has 13 heavy (non-hydrogen) atoms. The summed E-state index contributed by atoms with van der Waals surface area (Å²) < 4.78 is 0. The van der Waals surface area contributed by atoms with Gasteiger partial charge in [0.25, 0.3) is 0 Å². The van der Waals surface area contributed by atoms with Gasteiger partial charge in [0.05, 0.1) is 0 Å². The second kappa shape index (κ2) is 7.90. The molecule has 0 aromatic rings. The first kappa shape index (κ1) is 12.3. The zero-order valence-corrected chi connectivity index (χ0v) is 8.68. The second-order valence-electron chi connectivity index (χ2n) is 3.83. The van der Waals surface area contributed by atoms with E-state index in [-0.39, 0.29) is 0 Å². The summed E-state index contributed by atoms with van der Waals surface area (Å²) in [5.41, 5.74) is 0. The molecular weight excluding hydrogens is 166 g/mol. The van der Waals surface area contributed by atoms with Gasteiger partial charge in [-0.25, -0.2) is 4.79 Å². The summed E-state index contributed by atoms with van der Waals surface area (Å²) in [6.07, 6.45) is 4.95. The number of unbranched alkanes of at least 4 members (excludes halogenated alkanes) is 3. The Balaban J connectivity index is 2.96. The Morgan fingerprint density at radius 2 is 1.85 bits per heavy atom. The summed E-state index contributed by atoms with van der Waals surface area (Å²) in [6.45, 7) is 5.05. The van der Waals surface area contributed by atoms with Crippen molar-refractivity contribution in [3.05, 3.63) is 0 Å². The summed E-state index contributed by atoms with van der Waals surface area (Å²) in [5, 5.41) is 10.6. The van der Waals surface area contributed by atoms with Crippen molar-refractivity contribution in [3.8, 4) is 0 Å². The van der Waals surface area contributed by atoms with Crippen LogP contribution in [0.25, 0.3) is 0 Å². The molecular formula is C10H21NO2. The molecule has 0 spiro atoms. The van der Waals surface area contributed by atoms with Crippen LogP contribution in [0.5, 0.6) is 0 Å². The summed E-state index contributed by atoms with van der Waals surface area (Å²) >= 11 is 0. The molecule has 0 aromatic carbocycles. The van der Waals surface area contributed by atoms with E-state index in [0.29, 0.717) is 6.54 Å². The Bertz CT molecular complexity index is 135. The minimum Gasteiger partial charge on any atom is -0.465 e. The number of carbonyl (C=O) groups is 1. The van der Waals surface area contributed by atoms with Gasteiger partial charge in [-0.05, 0) is 12.3 Å². The van der Waals surface area contributed by atoms with E-state index in [4.69, 9.17) is 5.11 Å². The third kappa shape index (κ3) is 11.3. The minimum absolute atomic E-state index is 0.594. The van der Waals surface area contributed by atoms with E-state index in [2.05, 4.69) is 19.2 Å². The molecule has 0 fully saturated rings. The highest BCUT2D eigenvalue weighted by molar-refractivity contribution is 5.64. The largest absolute Gasteiger partial charge is 0.465 e. The number of rotatable bonds is 7. The van der Waals surface area contributed by atoms with Gasteiger partial charge in [0, 0.05) is 6.54 Å². The van der Waals surface area contributed by atoms with Gasteiger partial charge in [-0.2, -0.15) is 0 Å². The SMILES string of the molecule is CC(C)CCCCCCNC(=O)O. The fourth-order valence-corrected chi connectivity index (χ4v) is 1.23. The van der Waals surface area contributed by atoms with Crippen LogP contribution in [-0.2, 0) is 0 Å². The van der Waals surface area contributed by atoms with E-state index in [1.54, 1.807) is 0 Å². The Morgan fingerprint density at radius 3 is 2.38 bits per heavy atom. The molecule has 0 radical (unpaired) electrons. The number of nitrogens with one attached hydrogen (secondary N) is 1. The van der Waals surface area contributed by atoms with E-state index in [1.807, 2.05) is 0 Å². The average Bonchev–Trinajstić information content (AvgIpc) is 2.01. The van der Waals surface area contributed by atoms with Crippen molar-refractivity contribution in [2.45, 2.75) is 46.0 Å². The lowest BCUT2D eigenvalue weighted by Crippen LogP contribution is -2.21. The van der Waals surface area contributed by atoms with Gasteiger partial charge in [0.2, 0.25) is 0 Å². The highest BCUT2D eigenvalue weighted by Gasteiger charge is 1.95. The smallest absolute Gasteiger partial charge is 0.404 e. The van der Waals surface area contributed by atoms with E-state index in [1.165, 1.54) is 19.3 Å². The zero-order valence-electron chi connectivity index (χ0n) is 8.68. The van der Waals surface area contributed by atoms with Crippen molar-refractivity contribution < 1.29 is 9.90 Å². The highest BCUT2D eigenvalue weighted by atomic mass is 16.4. The maximum atomic E-state index is 10.1. The molecule has 0 unspecified atom stereocenters. The first-order valence-corrected chi connectivity index (χ1v) is 5.09. The predicted molar refractivity (Wildman–Crippen MR) is 54.0 cm³/mol. The van der Waals surface area contributed by atoms with Crippen LogP contribution in [0.4, 0.5) is 4.79 Å². The molecule has 1 amide bonds. The molecule has 3 heteroatoms. The van der Waals surface area contributed by atoms with Crippen LogP contribution in [0.15, 0.2) is 0 Å². The third-order valence-corrected chi connectivity index (χ3v) is 1.98. The molecule has 0 aromatic heterocycles. The van der Waals surface area contributed by atoms with Crippen LogP contribution in [0.2, 0.25) is 0 Å². The molecule has 0 rings (SSSR count).